The van der Waals surface area contributed by atoms with Gasteiger partial charge in [-0.05, 0) is 19.9 Å². The van der Waals surface area contributed by atoms with Gasteiger partial charge in [0, 0.05) is 19.0 Å². The van der Waals surface area contributed by atoms with Crippen molar-refractivity contribution in [2.75, 3.05) is 6.54 Å². The van der Waals surface area contributed by atoms with Crippen molar-refractivity contribution in [2.45, 2.75) is 26.4 Å². The number of carbonyl (C=O) groups excluding carboxylic acids is 1. The summed E-state index contributed by atoms with van der Waals surface area (Å²) in [7, 11) is 1.84. The van der Waals surface area contributed by atoms with Crippen LogP contribution in [-0.4, -0.2) is 39.0 Å². The molecule has 1 N–H and O–H groups in total. The van der Waals surface area contributed by atoms with Crippen LogP contribution in [0.25, 0.3) is 22.3 Å². The first-order valence-corrected chi connectivity index (χ1v) is 8.92. The standard InChI is InChI=1S/C20H21N5O2/c1-12-9-15(24-27-12)11-21-20(26)16-10-17(14-7-5-4-6-8-14)22-19-18(16)13(2)23-25(19)3/h4-8,10,12H,9,11H2,1-3H3,(H,21,26). The summed E-state index contributed by atoms with van der Waals surface area (Å²) in [4.78, 5) is 22.9. The molecule has 7 heteroatoms. The fraction of sp³-hybridized carbons (Fsp3) is 0.300. The molecule has 0 saturated carbocycles. The molecule has 138 valence electrons. The van der Waals surface area contributed by atoms with Crippen LogP contribution in [0.2, 0.25) is 0 Å². The average Bonchev–Trinajstić information content (AvgIpc) is 3.22. The third-order valence-corrected chi connectivity index (χ3v) is 4.62. The number of benzene rings is 1. The van der Waals surface area contributed by atoms with Gasteiger partial charge in [-0.3, -0.25) is 9.48 Å². The normalized spacial score (nSPS) is 16.3. The van der Waals surface area contributed by atoms with E-state index >= 15 is 0 Å². The number of nitrogens with one attached hydrogen (secondary N) is 1. The van der Waals surface area contributed by atoms with Crippen LogP contribution >= 0.6 is 0 Å². The number of aryl methyl sites for hydroxylation is 2. The number of aromatic nitrogens is 3. The van der Waals surface area contributed by atoms with Crippen molar-refractivity contribution in [2.24, 2.45) is 12.2 Å². The minimum atomic E-state index is -0.169. The zero-order valence-electron chi connectivity index (χ0n) is 15.6. The molecule has 0 bridgehead atoms. The lowest BCUT2D eigenvalue weighted by Gasteiger charge is -2.09. The molecular formula is C20H21N5O2. The molecule has 27 heavy (non-hydrogen) atoms. The quantitative estimate of drug-likeness (QED) is 0.773. The Morgan fingerprint density at radius 3 is 2.81 bits per heavy atom. The van der Waals surface area contributed by atoms with Gasteiger partial charge in [0.15, 0.2) is 5.65 Å². The highest BCUT2D eigenvalue weighted by atomic mass is 16.6. The SMILES string of the molecule is Cc1nn(C)c2nc(-c3ccccc3)cc(C(=O)NCC3=NOC(C)C3)c12. The van der Waals surface area contributed by atoms with E-state index < -0.39 is 0 Å². The third kappa shape index (κ3) is 3.28. The molecule has 7 nitrogen and oxygen atoms in total. The summed E-state index contributed by atoms with van der Waals surface area (Å²) in [5, 5.41) is 12.2. The van der Waals surface area contributed by atoms with E-state index in [4.69, 9.17) is 9.82 Å². The molecule has 0 aliphatic carbocycles. The largest absolute Gasteiger partial charge is 0.392 e. The highest BCUT2D eigenvalue weighted by molar-refractivity contribution is 6.08. The van der Waals surface area contributed by atoms with Crippen LogP contribution in [0.1, 0.15) is 29.4 Å². The Balaban J connectivity index is 1.72. The van der Waals surface area contributed by atoms with Crippen LogP contribution in [0.5, 0.6) is 0 Å². The lowest BCUT2D eigenvalue weighted by molar-refractivity contribution is 0.0960. The van der Waals surface area contributed by atoms with Crippen molar-refractivity contribution in [3.8, 4) is 11.3 Å². The van der Waals surface area contributed by atoms with Gasteiger partial charge in [0.2, 0.25) is 0 Å². The van der Waals surface area contributed by atoms with Crippen molar-refractivity contribution in [3.05, 3.63) is 47.7 Å². The van der Waals surface area contributed by atoms with E-state index in [0.29, 0.717) is 17.8 Å². The van der Waals surface area contributed by atoms with E-state index in [9.17, 15) is 4.79 Å². The maximum Gasteiger partial charge on any atom is 0.252 e. The van der Waals surface area contributed by atoms with Crippen molar-refractivity contribution in [1.82, 2.24) is 20.1 Å². The first-order chi connectivity index (χ1) is 13.0. The van der Waals surface area contributed by atoms with Gasteiger partial charge in [-0.2, -0.15) is 5.10 Å². The first-order valence-electron chi connectivity index (χ1n) is 8.92. The van der Waals surface area contributed by atoms with Gasteiger partial charge < -0.3 is 10.2 Å². The van der Waals surface area contributed by atoms with Crippen LogP contribution in [0.3, 0.4) is 0 Å². The highest BCUT2D eigenvalue weighted by Crippen LogP contribution is 2.26. The number of amides is 1. The lowest BCUT2D eigenvalue weighted by atomic mass is 10.0. The Hall–Kier alpha value is -3.22. The van der Waals surface area contributed by atoms with Crippen LogP contribution in [-0.2, 0) is 11.9 Å². The van der Waals surface area contributed by atoms with Gasteiger partial charge in [-0.25, -0.2) is 4.98 Å². The van der Waals surface area contributed by atoms with E-state index in [2.05, 4.69) is 15.6 Å². The van der Waals surface area contributed by atoms with Crippen LogP contribution < -0.4 is 5.32 Å². The number of carbonyl (C=O) groups is 1. The predicted octanol–water partition coefficient (Wildman–Crippen LogP) is 2.84. The molecule has 1 aliphatic rings. The minimum Gasteiger partial charge on any atom is -0.392 e. The van der Waals surface area contributed by atoms with Gasteiger partial charge in [0.25, 0.3) is 5.91 Å². The summed E-state index contributed by atoms with van der Waals surface area (Å²) in [6.45, 7) is 4.21. The molecule has 0 saturated heterocycles. The molecule has 0 spiro atoms. The summed E-state index contributed by atoms with van der Waals surface area (Å²) in [5.41, 5.74) is 4.57. The number of nitrogens with zero attached hydrogens (tertiary/aromatic N) is 4. The zero-order chi connectivity index (χ0) is 19.0. The number of hydrogen-bond donors (Lipinski definition) is 1. The summed E-state index contributed by atoms with van der Waals surface area (Å²) in [6, 6.07) is 11.6. The number of fused-ring (bicyclic) bond motifs is 1. The Labute approximate surface area is 157 Å². The van der Waals surface area contributed by atoms with Crippen LogP contribution in [0, 0.1) is 6.92 Å². The van der Waals surface area contributed by atoms with E-state index in [1.54, 1.807) is 4.68 Å². The monoisotopic (exact) mass is 363 g/mol. The molecule has 2 aromatic heterocycles. The molecule has 1 amide bonds. The molecule has 1 aromatic carbocycles. The minimum absolute atomic E-state index is 0.0646. The van der Waals surface area contributed by atoms with Crippen molar-refractivity contribution < 1.29 is 9.63 Å². The molecule has 1 unspecified atom stereocenters. The van der Waals surface area contributed by atoms with Gasteiger partial charge in [-0.15, -0.1) is 0 Å². The van der Waals surface area contributed by atoms with Crippen molar-refractivity contribution in [1.29, 1.82) is 0 Å². The Morgan fingerprint density at radius 1 is 1.33 bits per heavy atom. The molecule has 4 rings (SSSR count). The second-order valence-electron chi connectivity index (χ2n) is 6.79. The molecular weight excluding hydrogens is 342 g/mol. The summed E-state index contributed by atoms with van der Waals surface area (Å²) < 4.78 is 1.71. The molecule has 1 atom stereocenters. The van der Waals surface area contributed by atoms with E-state index in [1.165, 1.54) is 0 Å². The summed E-state index contributed by atoms with van der Waals surface area (Å²) in [5.74, 6) is -0.169. The third-order valence-electron chi connectivity index (χ3n) is 4.62. The second-order valence-corrected chi connectivity index (χ2v) is 6.79. The fourth-order valence-corrected chi connectivity index (χ4v) is 3.33. The van der Waals surface area contributed by atoms with E-state index in [-0.39, 0.29) is 12.0 Å². The summed E-state index contributed by atoms with van der Waals surface area (Å²) in [6.07, 6.45) is 0.794. The Bertz CT molecular complexity index is 1040. The summed E-state index contributed by atoms with van der Waals surface area (Å²) >= 11 is 0. The smallest absolute Gasteiger partial charge is 0.252 e. The maximum atomic E-state index is 13.0. The van der Waals surface area contributed by atoms with Gasteiger partial charge in [-0.1, -0.05) is 35.5 Å². The number of rotatable bonds is 4. The number of hydrogen-bond acceptors (Lipinski definition) is 5. The maximum absolute atomic E-state index is 13.0. The zero-order valence-corrected chi connectivity index (χ0v) is 15.6. The molecule has 0 radical (unpaired) electrons. The molecule has 0 fully saturated rings. The highest BCUT2D eigenvalue weighted by Gasteiger charge is 2.21. The van der Waals surface area contributed by atoms with Crippen molar-refractivity contribution in [3.63, 3.8) is 0 Å². The van der Waals surface area contributed by atoms with E-state index in [0.717, 1.165) is 34.5 Å². The second kappa shape index (κ2) is 6.83. The van der Waals surface area contributed by atoms with Gasteiger partial charge >= 0.3 is 0 Å². The van der Waals surface area contributed by atoms with Crippen LogP contribution in [0.4, 0.5) is 0 Å². The number of pyridine rings is 1. The van der Waals surface area contributed by atoms with Crippen molar-refractivity contribution >= 4 is 22.7 Å². The van der Waals surface area contributed by atoms with Gasteiger partial charge in [0.1, 0.15) is 6.10 Å². The predicted molar refractivity (Wildman–Crippen MR) is 104 cm³/mol. The molecule has 3 heterocycles. The Morgan fingerprint density at radius 2 is 2.11 bits per heavy atom. The van der Waals surface area contributed by atoms with Gasteiger partial charge in [0.05, 0.1) is 34.6 Å². The van der Waals surface area contributed by atoms with Crippen LogP contribution in [0.15, 0.2) is 41.6 Å². The number of oxime groups is 1. The topological polar surface area (TPSA) is 81.4 Å². The Kier molecular flexibility index (Phi) is 4.35. The average molecular weight is 363 g/mol. The molecule has 1 aliphatic heterocycles. The molecule has 3 aromatic rings. The lowest BCUT2D eigenvalue weighted by Crippen LogP contribution is -2.29. The fourth-order valence-electron chi connectivity index (χ4n) is 3.33. The van der Waals surface area contributed by atoms with E-state index in [1.807, 2.05) is 57.3 Å². The first kappa shape index (κ1) is 17.2.